The van der Waals surface area contributed by atoms with Crippen molar-refractivity contribution in [3.63, 3.8) is 0 Å². The van der Waals surface area contributed by atoms with Crippen LogP contribution in [0.3, 0.4) is 0 Å². The van der Waals surface area contributed by atoms with E-state index >= 15 is 0 Å². The lowest BCUT2D eigenvalue weighted by molar-refractivity contribution is -0.0506. The summed E-state index contributed by atoms with van der Waals surface area (Å²) in [5.74, 6) is 5.66. The van der Waals surface area contributed by atoms with E-state index in [1.165, 1.54) is 6.07 Å². The van der Waals surface area contributed by atoms with Gasteiger partial charge < -0.3 is 4.74 Å². The second-order valence-corrected chi connectivity index (χ2v) is 3.93. The summed E-state index contributed by atoms with van der Waals surface area (Å²) in [7, 11) is 0. The number of hydrogen-bond acceptors (Lipinski definition) is 3. The molecule has 0 heterocycles. The predicted molar refractivity (Wildman–Crippen MR) is 68.7 cm³/mol. The summed E-state index contributed by atoms with van der Waals surface area (Å²) >= 11 is 0. The number of nitrogens with one attached hydrogen (secondary N) is 1. The van der Waals surface area contributed by atoms with Crippen molar-refractivity contribution in [3.05, 3.63) is 65.7 Å². The predicted octanol–water partition coefficient (Wildman–Crippen LogP) is 2.84. The number of alkyl halides is 2. The van der Waals surface area contributed by atoms with Crippen LogP contribution in [-0.4, -0.2) is 6.61 Å². The second kappa shape index (κ2) is 6.26. The molecule has 0 aromatic heterocycles. The topological polar surface area (TPSA) is 47.3 Å². The number of ether oxygens (including phenoxy) is 1. The fraction of sp³-hybridized carbons (Fsp3) is 0.143. The smallest absolute Gasteiger partial charge is 0.387 e. The molecule has 0 aliphatic carbocycles. The largest absolute Gasteiger partial charge is 0.434 e. The number of para-hydroxylation sites is 1. The number of benzene rings is 2. The molecule has 0 saturated heterocycles. The molecule has 5 heteroatoms. The Hall–Kier alpha value is -1.98. The Morgan fingerprint density at radius 3 is 2.21 bits per heavy atom. The quantitative estimate of drug-likeness (QED) is 0.645. The molecule has 0 aliphatic rings. The third kappa shape index (κ3) is 3.27. The molecule has 0 fully saturated rings. The number of hydrazine groups is 1. The minimum atomic E-state index is -2.87. The minimum absolute atomic E-state index is 0.115. The van der Waals surface area contributed by atoms with Gasteiger partial charge in [-0.25, -0.2) is 5.43 Å². The van der Waals surface area contributed by atoms with E-state index in [2.05, 4.69) is 10.2 Å². The highest BCUT2D eigenvalue weighted by Gasteiger charge is 2.18. The molecule has 1 atom stereocenters. The maximum atomic E-state index is 12.4. The molecule has 0 bridgehead atoms. The van der Waals surface area contributed by atoms with Gasteiger partial charge in [0.25, 0.3) is 0 Å². The monoisotopic (exact) mass is 264 g/mol. The van der Waals surface area contributed by atoms with Crippen LogP contribution in [0.2, 0.25) is 0 Å². The van der Waals surface area contributed by atoms with E-state index in [1.807, 2.05) is 30.3 Å². The zero-order chi connectivity index (χ0) is 13.7. The summed E-state index contributed by atoms with van der Waals surface area (Å²) in [5, 5.41) is 0. The van der Waals surface area contributed by atoms with Gasteiger partial charge >= 0.3 is 6.61 Å². The Labute approximate surface area is 110 Å². The normalized spacial score (nSPS) is 12.4. The van der Waals surface area contributed by atoms with E-state index in [0.29, 0.717) is 5.56 Å². The fourth-order valence-electron chi connectivity index (χ4n) is 1.93. The summed E-state index contributed by atoms with van der Waals surface area (Å²) in [6, 6.07) is 15.5. The van der Waals surface area contributed by atoms with E-state index in [0.717, 1.165) is 5.56 Å². The van der Waals surface area contributed by atoms with E-state index in [4.69, 9.17) is 5.84 Å². The summed E-state index contributed by atoms with van der Waals surface area (Å²) < 4.78 is 29.3. The molecule has 0 amide bonds. The van der Waals surface area contributed by atoms with Gasteiger partial charge in [-0.3, -0.25) is 5.84 Å². The van der Waals surface area contributed by atoms with Gasteiger partial charge in [0.2, 0.25) is 0 Å². The van der Waals surface area contributed by atoms with Crippen LogP contribution in [0.25, 0.3) is 0 Å². The van der Waals surface area contributed by atoms with Gasteiger partial charge in [-0.05, 0) is 11.6 Å². The molecule has 2 rings (SSSR count). The van der Waals surface area contributed by atoms with Crippen molar-refractivity contribution in [1.82, 2.24) is 5.43 Å². The van der Waals surface area contributed by atoms with E-state index < -0.39 is 12.7 Å². The van der Waals surface area contributed by atoms with Crippen LogP contribution in [0.15, 0.2) is 54.6 Å². The van der Waals surface area contributed by atoms with Gasteiger partial charge in [0.1, 0.15) is 5.75 Å². The Kier molecular flexibility index (Phi) is 4.43. The Morgan fingerprint density at radius 2 is 1.58 bits per heavy atom. The molecule has 2 aromatic carbocycles. The molecule has 0 radical (unpaired) electrons. The van der Waals surface area contributed by atoms with Gasteiger partial charge in [0, 0.05) is 5.56 Å². The molecule has 100 valence electrons. The van der Waals surface area contributed by atoms with Crippen LogP contribution in [-0.2, 0) is 0 Å². The van der Waals surface area contributed by atoms with Gasteiger partial charge in [-0.15, -0.1) is 0 Å². The maximum Gasteiger partial charge on any atom is 0.387 e. The average Bonchev–Trinajstić information content (AvgIpc) is 2.42. The van der Waals surface area contributed by atoms with Crippen molar-refractivity contribution in [1.29, 1.82) is 0 Å². The Bertz CT molecular complexity index is 520. The lowest BCUT2D eigenvalue weighted by Gasteiger charge is -2.20. The van der Waals surface area contributed by atoms with Gasteiger partial charge in [-0.2, -0.15) is 8.78 Å². The molecule has 3 nitrogen and oxygen atoms in total. The number of nitrogens with two attached hydrogens (primary N) is 1. The molecular formula is C14H14F2N2O. The number of hydrogen-bond donors (Lipinski definition) is 2. The first-order valence-corrected chi connectivity index (χ1v) is 5.77. The average molecular weight is 264 g/mol. The van der Waals surface area contributed by atoms with Crippen LogP contribution in [0, 0.1) is 0 Å². The van der Waals surface area contributed by atoms with Crippen molar-refractivity contribution in [2.24, 2.45) is 5.84 Å². The number of halogens is 2. The van der Waals surface area contributed by atoms with E-state index in [-0.39, 0.29) is 5.75 Å². The summed E-state index contributed by atoms with van der Waals surface area (Å²) in [4.78, 5) is 0. The highest BCUT2D eigenvalue weighted by atomic mass is 19.3. The molecule has 2 aromatic rings. The molecule has 1 unspecified atom stereocenters. The van der Waals surface area contributed by atoms with Crippen molar-refractivity contribution in [2.45, 2.75) is 12.7 Å². The van der Waals surface area contributed by atoms with Crippen molar-refractivity contribution < 1.29 is 13.5 Å². The van der Waals surface area contributed by atoms with Crippen LogP contribution < -0.4 is 16.0 Å². The zero-order valence-electron chi connectivity index (χ0n) is 10.1. The summed E-state index contributed by atoms with van der Waals surface area (Å²) in [6.07, 6.45) is 0. The van der Waals surface area contributed by atoms with Crippen LogP contribution >= 0.6 is 0 Å². The fourth-order valence-corrected chi connectivity index (χ4v) is 1.93. The molecular weight excluding hydrogens is 250 g/mol. The van der Waals surface area contributed by atoms with Crippen molar-refractivity contribution >= 4 is 0 Å². The third-order valence-corrected chi connectivity index (χ3v) is 2.75. The number of rotatable bonds is 5. The summed E-state index contributed by atoms with van der Waals surface area (Å²) in [5.41, 5.74) is 4.06. The zero-order valence-corrected chi connectivity index (χ0v) is 10.1. The molecule has 0 spiro atoms. The lowest BCUT2D eigenvalue weighted by Crippen LogP contribution is -2.29. The first kappa shape index (κ1) is 13.5. The third-order valence-electron chi connectivity index (χ3n) is 2.75. The molecule has 0 aliphatic heterocycles. The van der Waals surface area contributed by atoms with Crippen LogP contribution in [0.4, 0.5) is 8.78 Å². The van der Waals surface area contributed by atoms with Crippen LogP contribution in [0.5, 0.6) is 5.75 Å². The summed E-state index contributed by atoms with van der Waals surface area (Å²) in [6.45, 7) is -2.87. The Morgan fingerprint density at radius 1 is 0.947 bits per heavy atom. The SMILES string of the molecule is NNC(c1ccccc1)c1ccccc1OC(F)F. The Balaban J connectivity index is 2.38. The molecule has 0 saturated carbocycles. The first-order valence-electron chi connectivity index (χ1n) is 5.77. The highest BCUT2D eigenvalue weighted by Crippen LogP contribution is 2.30. The second-order valence-electron chi connectivity index (χ2n) is 3.93. The molecule has 3 N–H and O–H groups in total. The maximum absolute atomic E-state index is 12.4. The molecule has 19 heavy (non-hydrogen) atoms. The van der Waals surface area contributed by atoms with E-state index in [1.54, 1.807) is 18.2 Å². The van der Waals surface area contributed by atoms with Crippen molar-refractivity contribution in [3.8, 4) is 5.75 Å². The minimum Gasteiger partial charge on any atom is -0.434 e. The van der Waals surface area contributed by atoms with Gasteiger partial charge in [0.15, 0.2) is 0 Å². The first-order chi connectivity index (χ1) is 9.22. The highest BCUT2D eigenvalue weighted by molar-refractivity contribution is 5.41. The van der Waals surface area contributed by atoms with Crippen LogP contribution in [0.1, 0.15) is 17.2 Å². The van der Waals surface area contributed by atoms with Crippen molar-refractivity contribution in [2.75, 3.05) is 0 Å². The van der Waals surface area contributed by atoms with Gasteiger partial charge in [-0.1, -0.05) is 48.5 Å². The standard InChI is InChI=1S/C14H14F2N2O/c15-14(16)19-12-9-5-4-8-11(12)13(18-17)10-6-2-1-3-7-10/h1-9,13-14,18H,17H2. The lowest BCUT2D eigenvalue weighted by atomic mass is 9.98. The van der Waals surface area contributed by atoms with E-state index in [9.17, 15) is 8.78 Å². The van der Waals surface area contributed by atoms with Gasteiger partial charge in [0.05, 0.1) is 6.04 Å².